The van der Waals surface area contributed by atoms with Crippen LogP contribution in [-0.4, -0.2) is 73.7 Å². The minimum atomic E-state index is -5.76. The van der Waals surface area contributed by atoms with Gasteiger partial charge in [0.15, 0.2) is 16.2 Å². The lowest BCUT2D eigenvalue weighted by Crippen LogP contribution is -2.57. The molecule has 3 aliphatic carbocycles. The van der Waals surface area contributed by atoms with E-state index < -0.39 is 114 Å². The lowest BCUT2D eigenvalue weighted by molar-refractivity contribution is -0.286. The van der Waals surface area contributed by atoms with E-state index in [4.69, 9.17) is 23.7 Å². The summed E-state index contributed by atoms with van der Waals surface area (Å²) in [6, 6.07) is 0. The van der Waals surface area contributed by atoms with Crippen molar-refractivity contribution in [2.24, 2.45) is 28.1 Å². The predicted molar refractivity (Wildman–Crippen MR) is 188 cm³/mol. The van der Waals surface area contributed by atoms with Crippen molar-refractivity contribution in [1.82, 2.24) is 0 Å². The standard InChI is InChI=1S/C32H41F9O8.6CH4/c1-3-18(46-22-17-13-20-23(22)49-26(44)29(20,14-17)32(39,40)41)15-28(31(36,37)38,25(43)48-21-11-7-8-12-45-21)16-27(2,30(33,34)35)24(42)47-19-9-5-4-6-10-19;;;;;;/h17-23H,3-16H2,1-2H3;6*1H4. The third-order valence-corrected chi connectivity index (χ3v) is 11.3. The van der Waals surface area contributed by atoms with Crippen LogP contribution in [0.15, 0.2) is 0 Å². The smallest absolute Gasteiger partial charge is 0.405 e. The number of rotatable bonds is 11. The average Bonchev–Trinajstić information content (AvgIpc) is 3.63. The second kappa shape index (κ2) is 19.4. The number of esters is 3. The van der Waals surface area contributed by atoms with Gasteiger partial charge < -0.3 is 23.7 Å². The molecule has 2 heterocycles. The van der Waals surface area contributed by atoms with Gasteiger partial charge in [0.05, 0.1) is 18.8 Å². The summed E-state index contributed by atoms with van der Waals surface area (Å²) in [6.45, 7) is 1.61. The van der Waals surface area contributed by atoms with Crippen molar-refractivity contribution >= 4 is 17.9 Å². The fourth-order valence-electron chi connectivity index (χ4n) is 8.43. The Kier molecular flexibility index (Phi) is 19.4. The summed E-state index contributed by atoms with van der Waals surface area (Å²) in [6.07, 6.45) is -24.9. The van der Waals surface area contributed by atoms with E-state index in [0.717, 1.165) is 6.42 Å². The van der Waals surface area contributed by atoms with Gasteiger partial charge in [0.2, 0.25) is 6.29 Å². The highest BCUT2D eigenvalue weighted by Gasteiger charge is 2.80. The Bertz CT molecular complexity index is 1250. The van der Waals surface area contributed by atoms with Crippen molar-refractivity contribution in [3.05, 3.63) is 0 Å². The molecule has 55 heavy (non-hydrogen) atoms. The van der Waals surface area contributed by atoms with Gasteiger partial charge in [-0.15, -0.1) is 0 Å². The Morgan fingerprint density at radius 3 is 1.89 bits per heavy atom. The molecule has 0 spiro atoms. The Morgan fingerprint density at radius 1 is 0.818 bits per heavy atom. The summed E-state index contributed by atoms with van der Waals surface area (Å²) in [5, 5.41) is 0. The molecule has 8 nitrogen and oxygen atoms in total. The molecule has 5 fully saturated rings. The second-order valence-electron chi connectivity index (χ2n) is 14.4. The molecule has 0 radical (unpaired) electrons. The molecule has 328 valence electrons. The number of carbonyl (C=O) groups is 3. The zero-order valence-electron chi connectivity index (χ0n) is 27.1. The Hall–Kier alpha value is -2.30. The minimum absolute atomic E-state index is 0. The normalized spacial score (nSPS) is 30.1. The van der Waals surface area contributed by atoms with Crippen molar-refractivity contribution in [1.29, 1.82) is 0 Å². The first-order valence-corrected chi connectivity index (χ1v) is 16.8. The molecule has 2 bridgehead atoms. The molecule has 3 saturated carbocycles. The maximum atomic E-state index is 15.5. The molecule has 17 heteroatoms. The van der Waals surface area contributed by atoms with E-state index >= 15 is 13.2 Å². The molecule has 9 unspecified atom stereocenters. The van der Waals surface area contributed by atoms with Crippen LogP contribution in [0.5, 0.6) is 0 Å². The number of fused-ring (bicyclic) bond motifs is 1. The molecular formula is C38H65F9O8. The van der Waals surface area contributed by atoms with Gasteiger partial charge >= 0.3 is 36.4 Å². The summed E-state index contributed by atoms with van der Waals surface area (Å²) in [5.41, 5.74) is -10.6. The Morgan fingerprint density at radius 2 is 1.40 bits per heavy atom. The van der Waals surface area contributed by atoms with E-state index in [1.807, 2.05) is 0 Å². The minimum Gasteiger partial charge on any atom is -0.462 e. The number of hydrogen-bond acceptors (Lipinski definition) is 8. The fraction of sp³-hybridized carbons (Fsp3) is 0.921. The van der Waals surface area contributed by atoms with Crippen molar-refractivity contribution in [3.8, 4) is 0 Å². The molecule has 9 atom stereocenters. The van der Waals surface area contributed by atoms with Gasteiger partial charge in [0.1, 0.15) is 12.2 Å². The zero-order chi connectivity index (χ0) is 36.2. The average molecular weight is 821 g/mol. The van der Waals surface area contributed by atoms with Gasteiger partial charge in [-0.3, -0.25) is 14.4 Å². The van der Waals surface area contributed by atoms with Crippen LogP contribution in [0.3, 0.4) is 0 Å². The highest BCUT2D eigenvalue weighted by atomic mass is 19.4. The van der Waals surface area contributed by atoms with E-state index in [9.17, 15) is 40.7 Å². The van der Waals surface area contributed by atoms with Gasteiger partial charge in [-0.05, 0) is 83.5 Å². The second-order valence-corrected chi connectivity index (χ2v) is 14.4. The number of alkyl halides is 9. The topological polar surface area (TPSA) is 97.4 Å². The van der Waals surface area contributed by atoms with Crippen LogP contribution in [0, 0.1) is 28.1 Å². The van der Waals surface area contributed by atoms with E-state index in [-0.39, 0.29) is 90.2 Å². The number of hydrogen-bond donors (Lipinski definition) is 0. The molecule has 5 rings (SSSR count). The molecule has 0 N–H and O–H groups in total. The van der Waals surface area contributed by atoms with Crippen molar-refractivity contribution in [2.75, 3.05) is 6.61 Å². The van der Waals surface area contributed by atoms with E-state index in [1.54, 1.807) is 0 Å². The van der Waals surface area contributed by atoms with Gasteiger partial charge in [-0.25, -0.2) is 0 Å². The third-order valence-electron chi connectivity index (χ3n) is 11.3. The Labute approximate surface area is 321 Å². The quantitative estimate of drug-likeness (QED) is 0.115. The Balaban J connectivity index is 0. The first-order chi connectivity index (χ1) is 22.7. The van der Waals surface area contributed by atoms with Crippen molar-refractivity contribution < 1.29 is 77.6 Å². The predicted octanol–water partition coefficient (Wildman–Crippen LogP) is 11.3. The number of halogens is 9. The van der Waals surface area contributed by atoms with Gasteiger partial charge in [0, 0.05) is 12.3 Å². The van der Waals surface area contributed by atoms with Gasteiger partial charge in [0.25, 0.3) is 0 Å². The maximum absolute atomic E-state index is 15.5. The highest BCUT2D eigenvalue weighted by molar-refractivity contribution is 5.83. The van der Waals surface area contributed by atoms with Crippen LogP contribution in [0.1, 0.15) is 142 Å². The fourth-order valence-corrected chi connectivity index (χ4v) is 8.43. The van der Waals surface area contributed by atoms with E-state index in [0.29, 0.717) is 25.7 Å². The lowest BCUT2D eigenvalue weighted by atomic mass is 9.67. The molecule has 0 aromatic carbocycles. The van der Waals surface area contributed by atoms with Crippen molar-refractivity contribution in [2.45, 2.75) is 191 Å². The summed E-state index contributed by atoms with van der Waals surface area (Å²) < 4.78 is 160. The summed E-state index contributed by atoms with van der Waals surface area (Å²) in [4.78, 5) is 39.5. The summed E-state index contributed by atoms with van der Waals surface area (Å²) in [5.74, 6) is -7.88. The third kappa shape index (κ3) is 9.71. The first-order valence-electron chi connectivity index (χ1n) is 16.8. The molecule has 0 aromatic rings. The summed E-state index contributed by atoms with van der Waals surface area (Å²) in [7, 11) is 0. The largest absolute Gasteiger partial charge is 0.462 e. The monoisotopic (exact) mass is 820 g/mol. The SMILES string of the molecule is C.C.C.C.C.C.CCC(CC(CC(C)(C(=O)OC1CCCCC1)C(F)(F)F)(C(=O)OC1CCCCO1)C(F)(F)F)OC1C2CC3C1OC(=O)C3(C(F)(F)F)C2. The van der Waals surface area contributed by atoms with Crippen LogP contribution in [0.25, 0.3) is 0 Å². The van der Waals surface area contributed by atoms with Gasteiger partial charge in [-0.2, -0.15) is 39.5 Å². The van der Waals surface area contributed by atoms with Crippen LogP contribution >= 0.6 is 0 Å². The molecule has 5 aliphatic rings. The molecule has 2 saturated heterocycles. The highest BCUT2D eigenvalue weighted by Crippen LogP contribution is 2.68. The number of ether oxygens (including phenoxy) is 5. The van der Waals surface area contributed by atoms with E-state index in [2.05, 4.69) is 0 Å². The van der Waals surface area contributed by atoms with Gasteiger partial charge in [-0.1, -0.05) is 57.9 Å². The molecule has 0 aromatic heterocycles. The maximum Gasteiger partial charge on any atom is 0.405 e. The molecular weight excluding hydrogens is 755 g/mol. The first kappa shape index (κ1) is 54.8. The lowest BCUT2D eigenvalue weighted by Gasteiger charge is -2.43. The zero-order valence-corrected chi connectivity index (χ0v) is 27.1. The van der Waals surface area contributed by atoms with Crippen LogP contribution in [0.4, 0.5) is 39.5 Å². The number of carbonyl (C=O) groups excluding carboxylic acids is 3. The van der Waals surface area contributed by atoms with Crippen LogP contribution < -0.4 is 0 Å². The van der Waals surface area contributed by atoms with Crippen molar-refractivity contribution in [3.63, 3.8) is 0 Å². The molecule has 0 amide bonds. The summed E-state index contributed by atoms with van der Waals surface area (Å²) >= 11 is 0. The molecule has 2 aliphatic heterocycles. The van der Waals surface area contributed by atoms with Crippen LogP contribution in [-0.2, 0) is 38.1 Å². The van der Waals surface area contributed by atoms with E-state index in [1.165, 1.54) is 6.92 Å². The van der Waals surface area contributed by atoms with Crippen LogP contribution in [0.2, 0.25) is 0 Å².